The van der Waals surface area contributed by atoms with Crippen molar-refractivity contribution >= 4 is 29.7 Å². The van der Waals surface area contributed by atoms with Crippen molar-refractivity contribution in [3.8, 4) is 0 Å². The second-order valence-corrected chi connectivity index (χ2v) is 8.32. The summed E-state index contributed by atoms with van der Waals surface area (Å²) in [5, 5.41) is 35.4. The number of aliphatic carboxylic acids is 2. The van der Waals surface area contributed by atoms with Gasteiger partial charge in [-0.25, -0.2) is 4.79 Å². The van der Waals surface area contributed by atoms with Crippen LogP contribution in [0.1, 0.15) is 59.3 Å². The zero-order valence-electron chi connectivity index (χ0n) is 20.0. The van der Waals surface area contributed by atoms with Crippen molar-refractivity contribution in [1.82, 2.24) is 16.0 Å². The highest BCUT2D eigenvalue weighted by molar-refractivity contribution is 5.94. The molecule has 0 aromatic heterocycles. The maximum absolute atomic E-state index is 12.8. The number of hydrogen-bond donors (Lipinski definition) is 8. The first-order valence-corrected chi connectivity index (χ1v) is 11.3. The van der Waals surface area contributed by atoms with E-state index in [0.717, 1.165) is 0 Å². The number of hydrogen-bond acceptors (Lipinski definition) is 8. The minimum absolute atomic E-state index is 0.290. The molecule has 0 saturated carbocycles. The fraction of sp³-hybridized carbons (Fsp3) is 0.762. The number of unbranched alkanes of at least 4 members (excludes halogenated alkanes) is 1. The van der Waals surface area contributed by atoms with Gasteiger partial charge in [-0.3, -0.25) is 19.2 Å². The monoisotopic (exact) mass is 489 g/mol. The van der Waals surface area contributed by atoms with E-state index in [9.17, 15) is 34.2 Å². The maximum atomic E-state index is 12.8. The fourth-order valence-electron chi connectivity index (χ4n) is 3.04. The lowest BCUT2D eigenvalue weighted by Gasteiger charge is -2.27. The van der Waals surface area contributed by atoms with Gasteiger partial charge in [-0.15, -0.1) is 0 Å². The first-order chi connectivity index (χ1) is 15.8. The van der Waals surface area contributed by atoms with Crippen LogP contribution in [-0.2, 0) is 24.0 Å². The minimum atomic E-state index is -1.54. The normalized spacial score (nSPS) is 16.3. The number of carboxylic acids is 2. The molecule has 196 valence electrons. The Bertz CT molecular complexity index is 703. The van der Waals surface area contributed by atoms with Crippen molar-refractivity contribution in [3.05, 3.63) is 0 Å². The van der Waals surface area contributed by atoms with Crippen LogP contribution in [0, 0.1) is 5.92 Å². The van der Waals surface area contributed by atoms with Crippen LogP contribution < -0.4 is 27.4 Å². The minimum Gasteiger partial charge on any atom is -0.481 e. The van der Waals surface area contributed by atoms with E-state index in [-0.39, 0.29) is 6.42 Å². The van der Waals surface area contributed by atoms with E-state index in [2.05, 4.69) is 16.0 Å². The topological polar surface area (TPSA) is 234 Å². The third kappa shape index (κ3) is 11.4. The van der Waals surface area contributed by atoms with Gasteiger partial charge in [0.05, 0.1) is 12.1 Å². The van der Waals surface area contributed by atoms with Crippen LogP contribution in [-0.4, -0.2) is 81.8 Å². The van der Waals surface area contributed by atoms with Crippen LogP contribution in [0.4, 0.5) is 0 Å². The zero-order valence-corrected chi connectivity index (χ0v) is 20.0. The van der Waals surface area contributed by atoms with Gasteiger partial charge in [0.1, 0.15) is 18.1 Å². The Kier molecular flexibility index (Phi) is 14.7. The summed E-state index contributed by atoms with van der Waals surface area (Å²) >= 11 is 0. The van der Waals surface area contributed by atoms with Crippen LogP contribution in [0.15, 0.2) is 0 Å². The zero-order chi connectivity index (χ0) is 26.4. The highest BCUT2D eigenvalue weighted by Gasteiger charge is 2.34. The van der Waals surface area contributed by atoms with Crippen molar-refractivity contribution in [2.24, 2.45) is 17.4 Å². The number of carboxylic acid groups (broad SMARTS) is 2. The summed E-state index contributed by atoms with van der Waals surface area (Å²) in [6.07, 6.45) is -0.155. The first kappa shape index (κ1) is 31.2. The van der Waals surface area contributed by atoms with Crippen molar-refractivity contribution < 1.29 is 39.3 Å². The molecule has 0 heterocycles. The molecule has 0 aliphatic rings. The van der Waals surface area contributed by atoms with E-state index in [0.29, 0.717) is 32.2 Å². The molecule has 3 amide bonds. The second-order valence-electron chi connectivity index (χ2n) is 8.32. The molecule has 0 aromatic carbocycles. The molecule has 0 aliphatic carbocycles. The first-order valence-electron chi connectivity index (χ1n) is 11.3. The summed E-state index contributed by atoms with van der Waals surface area (Å²) in [5.74, 6) is -5.42. The molecule has 0 aliphatic heterocycles. The van der Waals surface area contributed by atoms with Crippen molar-refractivity contribution in [3.63, 3.8) is 0 Å². The Hall–Kier alpha value is -2.77. The van der Waals surface area contributed by atoms with Gasteiger partial charge in [0.2, 0.25) is 17.7 Å². The molecule has 0 aromatic rings. The van der Waals surface area contributed by atoms with Gasteiger partial charge in [-0.2, -0.15) is 0 Å². The maximum Gasteiger partial charge on any atom is 0.326 e. The van der Waals surface area contributed by atoms with Gasteiger partial charge >= 0.3 is 11.9 Å². The molecule has 0 fully saturated rings. The number of nitrogens with one attached hydrogen (secondary N) is 3. The smallest absolute Gasteiger partial charge is 0.326 e. The lowest BCUT2D eigenvalue weighted by atomic mass is 9.98. The number of carbonyl (C=O) groups excluding carboxylic acids is 3. The van der Waals surface area contributed by atoms with Gasteiger partial charge in [0, 0.05) is 6.42 Å². The molecule has 0 bridgehead atoms. The van der Waals surface area contributed by atoms with Crippen molar-refractivity contribution in [2.75, 3.05) is 6.54 Å². The third-order valence-electron chi connectivity index (χ3n) is 5.43. The van der Waals surface area contributed by atoms with E-state index in [1.54, 1.807) is 13.8 Å². The predicted octanol–water partition coefficient (Wildman–Crippen LogP) is -1.73. The predicted molar refractivity (Wildman–Crippen MR) is 122 cm³/mol. The molecule has 0 saturated heterocycles. The van der Waals surface area contributed by atoms with E-state index in [1.807, 2.05) is 0 Å². The van der Waals surface area contributed by atoms with Gasteiger partial charge in [0.15, 0.2) is 0 Å². The number of rotatable bonds is 17. The number of nitrogens with two attached hydrogens (primary N) is 2. The number of aliphatic hydroxyl groups is 1. The van der Waals surface area contributed by atoms with E-state index >= 15 is 0 Å². The SMILES string of the molecule is CCC(C)C(NC(=O)C(NC(=O)C(CCC(=O)O)NC(=O)C(N)CCCCN)C(C)O)C(=O)O. The largest absolute Gasteiger partial charge is 0.481 e. The molecule has 13 heteroatoms. The molecule has 0 spiro atoms. The summed E-state index contributed by atoms with van der Waals surface area (Å²) in [6, 6.07) is -5.08. The summed E-state index contributed by atoms with van der Waals surface area (Å²) in [7, 11) is 0. The molecule has 10 N–H and O–H groups in total. The van der Waals surface area contributed by atoms with Crippen molar-refractivity contribution in [1.29, 1.82) is 0 Å². The third-order valence-corrected chi connectivity index (χ3v) is 5.43. The highest BCUT2D eigenvalue weighted by atomic mass is 16.4. The Morgan fingerprint density at radius 2 is 1.44 bits per heavy atom. The molecule has 0 radical (unpaired) electrons. The quantitative estimate of drug-likeness (QED) is 0.107. The average molecular weight is 490 g/mol. The average Bonchev–Trinajstić information content (AvgIpc) is 2.76. The van der Waals surface area contributed by atoms with Crippen molar-refractivity contribution in [2.45, 2.75) is 89.6 Å². The molecule has 0 rings (SSSR count). The molecule has 6 atom stereocenters. The Morgan fingerprint density at radius 1 is 0.853 bits per heavy atom. The van der Waals surface area contributed by atoms with Crippen LogP contribution >= 0.6 is 0 Å². The lowest BCUT2D eigenvalue weighted by Crippen LogP contribution is -2.60. The standard InChI is InChI=1S/C21H39N5O8/c1-4-11(2)16(21(33)34)25-20(32)17(12(3)27)26-19(31)14(8-9-15(28)29)24-18(30)13(23)7-5-6-10-22/h11-14,16-17,27H,4-10,22-23H2,1-3H3,(H,24,30)(H,25,32)(H,26,31)(H,28,29)(H,33,34). The van der Waals surface area contributed by atoms with E-state index in [1.165, 1.54) is 6.92 Å². The summed E-state index contributed by atoms with van der Waals surface area (Å²) in [5.41, 5.74) is 11.2. The number of aliphatic hydroxyl groups excluding tert-OH is 1. The summed E-state index contributed by atoms with van der Waals surface area (Å²) in [4.78, 5) is 60.4. The molecule has 13 nitrogen and oxygen atoms in total. The molecule has 6 unspecified atom stereocenters. The van der Waals surface area contributed by atoms with Gasteiger partial charge < -0.3 is 42.7 Å². The molecular weight excluding hydrogens is 450 g/mol. The van der Waals surface area contributed by atoms with E-state index in [4.69, 9.17) is 16.6 Å². The molecular formula is C21H39N5O8. The van der Waals surface area contributed by atoms with Gasteiger partial charge in [-0.05, 0) is 38.6 Å². The van der Waals surface area contributed by atoms with Gasteiger partial charge in [-0.1, -0.05) is 26.7 Å². The number of amides is 3. The van der Waals surface area contributed by atoms with Crippen LogP contribution in [0.25, 0.3) is 0 Å². The second kappa shape index (κ2) is 16.0. The van der Waals surface area contributed by atoms with Crippen LogP contribution in [0.2, 0.25) is 0 Å². The molecule has 34 heavy (non-hydrogen) atoms. The summed E-state index contributed by atoms with van der Waals surface area (Å²) in [6.45, 7) is 5.03. The van der Waals surface area contributed by atoms with Crippen LogP contribution in [0.5, 0.6) is 0 Å². The van der Waals surface area contributed by atoms with Crippen LogP contribution in [0.3, 0.4) is 0 Å². The van der Waals surface area contributed by atoms with E-state index < -0.39 is 72.3 Å². The summed E-state index contributed by atoms with van der Waals surface area (Å²) < 4.78 is 0. The highest BCUT2D eigenvalue weighted by Crippen LogP contribution is 2.09. The lowest BCUT2D eigenvalue weighted by molar-refractivity contribution is -0.144. The number of carbonyl (C=O) groups is 5. The Balaban J connectivity index is 5.45. The Morgan fingerprint density at radius 3 is 1.91 bits per heavy atom. The Labute approximate surface area is 199 Å². The van der Waals surface area contributed by atoms with Gasteiger partial charge in [0.25, 0.3) is 0 Å². The fourth-order valence-corrected chi connectivity index (χ4v) is 3.04.